The molecule has 0 spiro atoms. The number of benzene rings is 2. The van der Waals surface area contributed by atoms with Gasteiger partial charge < -0.3 is 9.73 Å². The summed E-state index contributed by atoms with van der Waals surface area (Å²) >= 11 is 0. The van der Waals surface area contributed by atoms with Crippen LogP contribution in [0.2, 0.25) is 0 Å². The highest BCUT2D eigenvalue weighted by Gasteiger charge is 2.18. The molecule has 0 bridgehead atoms. The van der Waals surface area contributed by atoms with E-state index in [1.165, 1.54) is 6.07 Å². The van der Waals surface area contributed by atoms with Crippen LogP contribution in [0.3, 0.4) is 0 Å². The lowest BCUT2D eigenvalue weighted by Gasteiger charge is -2.11. The number of carbonyl (C=O) groups excluding carboxylic acids is 1. The van der Waals surface area contributed by atoms with Crippen molar-refractivity contribution in [2.45, 2.75) is 19.4 Å². The molecule has 0 aliphatic carbocycles. The Morgan fingerprint density at radius 3 is 2.67 bits per heavy atom. The third-order valence-corrected chi connectivity index (χ3v) is 3.79. The van der Waals surface area contributed by atoms with Crippen LogP contribution in [0.5, 0.6) is 0 Å². The van der Waals surface area contributed by atoms with Gasteiger partial charge in [-0.05, 0) is 19.1 Å². The number of nitro groups is 1. The van der Waals surface area contributed by atoms with Gasteiger partial charge in [0.1, 0.15) is 11.3 Å². The van der Waals surface area contributed by atoms with Crippen molar-refractivity contribution in [3.8, 4) is 0 Å². The molecule has 3 aromatic rings. The van der Waals surface area contributed by atoms with Crippen LogP contribution in [0.4, 0.5) is 5.69 Å². The summed E-state index contributed by atoms with van der Waals surface area (Å²) in [6, 6.07) is 15.4. The molecule has 1 aromatic heterocycles. The quantitative estimate of drug-likeness (QED) is 0.572. The van der Waals surface area contributed by atoms with Crippen molar-refractivity contribution < 1.29 is 14.1 Å². The first kappa shape index (κ1) is 15.7. The second-order valence-electron chi connectivity index (χ2n) is 5.54. The van der Waals surface area contributed by atoms with E-state index in [2.05, 4.69) is 5.32 Å². The molecule has 0 radical (unpaired) electrons. The topological polar surface area (TPSA) is 85.4 Å². The SMILES string of the molecule is CC(NC(=O)Cc1ccccc1[N+](=O)[O-])c1cc2ccccc2o1. The molecule has 0 saturated heterocycles. The fraction of sp³-hybridized carbons (Fsp3) is 0.167. The van der Waals surface area contributed by atoms with Gasteiger partial charge in [-0.25, -0.2) is 0 Å². The summed E-state index contributed by atoms with van der Waals surface area (Å²) in [5.74, 6) is 0.351. The highest BCUT2D eigenvalue weighted by atomic mass is 16.6. The first-order chi connectivity index (χ1) is 11.5. The molecule has 0 saturated carbocycles. The molecule has 24 heavy (non-hydrogen) atoms. The second-order valence-corrected chi connectivity index (χ2v) is 5.54. The Kier molecular flexibility index (Phi) is 4.29. The summed E-state index contributed by atoms with van der Waals surface area (Å²) in [5.41, 5.74) is 1.09. The fourth-order valence-corrected chi connectivity index (χ4v) is 2.59. The lowest BCUT2D eigenvalue weighted by molar-refractivity contribution is -0.385. The van der Waals surface area contributed by atoms with Crippen LogP contribution in [-0.4, -0.2) is 10.8 Å². The van der Waals surface area contributed by atoms with Gasteiger partial charge in [0.05, 0.1) is 17.4 Å². The van der Waals surface area contributed by atoms with Crippen LogP contribution in [0, 0.1) is 10.1 Å². The van der Waals surface area contributed by atoms with Gasteiger partial charge in [-0.15, -0.1) is 0 Å². The molecule has 0 aliphatic heterocycles. The number of furan rings is 1. The molecule has 6 nitrogen and oxygen atoms in total. The van der Waals surface area contributed by atoms with Crippen molar-refractivity contribution in [2.24, 2.45) is 0 Å². The molecule has 2 aromatic carbocycles. The zero-order valence-electron chi connectivity index (χ0n) is 13.1. The van der Waals surface area contributed by atoms with Crippen molar-refractivity contribution in [1.29, 1.82) is 0 Å². The minimum atomic E-state index is -0.481. The van der Waals surface area contributed by atoms with Crippen LogP contribution < -0.4 is 5.32 Å². The van der Waals surface area contributed by atoms with Crippen LogP contribution in [0.25, 0.3) is 11.0 Å². The summed E-state index contributed by atoms with van der Waals surface area (Å²) in [5, 5.41) is 14.8. The minimum Gasteiger partial charge on any atom is -0.459 e. The van der Waals surface area contributed by atoms with Gasteiger partial charge in [-0.2, -0.15) is 0 Å². The molecule has 1 N–H and O–H groups in total. The molecule has 1 atom stereocenters. The highest BCUT2D eigenvalue weighted by molar-refractivity contribution is 5.81. The standard InChI is InChI=1S/C18H16N2O4/c1-12(17-10-14-7-3-5-9-16(14)24-17)19-18(21)11-13-6-2-4-8-15(13)20(22)23/h2-10,12H,11H2,1H3,(H,19,21). The maximum atomic E-state index is 12.2. The summed E-state index contributed by atoms with van der Waals surface area (Å²) in [6.45, 7) is 1.81. The van der Waals surface area contributed by atoms with Crippen molar-refractivity contribution in [3.05, 3.63) is 76.0 Å². The van der Waals surface area contributed by atoms with E-state index in [0.29, 0.717) is 11.3 Å². The maximum Gasteiger partial charge on any atom is 0.273 e. The average molecular weight is 324 g/mol. The third kappa shape index (κ3) is 3.27. The number of para-hydroxylation sites is 2. The van der Waals surface area contributed by atoms with Crippen molar-refractivity contribution in [1.82, 2.24) is 5.32 Å². The van der Waals surface area contributed by atoms with Crippen molar-refractivity contribution in [3.63, 3.8) is 0 Å². The normalized spacial score (nSPS) is 12.0. The van der Waals surface area contributed by atoms with Crippen LogP contribution in [-0.2, 0) is 11.2 Å². The number of nitrogens with zero attached hydrogens (tertiary/aromatic N) is 1. The van der Waals surface area contributed by atoms with Crippen molar-refractivity contribution in [2.75, 3.05) is 0 Å². The van der Waals surface area contributed by atoms with E-state index in [1.807, 2.05) is 37.3 Å². The largest absolute Gasteiger partial charge is 0.459 e. The van der Waals surface area contributed by atoms with Crippen LogP contribution >= 0.6 is 0 Å². The van der Waals surface area contributed by atoms with Gasteiger partial charge in [0.25, 0.3) is 5.69 Å². The molecule has 0 fully saturated rings. The molecular formula is C18H16N2O4. The number of fused-ring (bicyclic) bond motifs is 1. The van der Waals surface area contributed by atoms with E-state index in [0.717, 1.165) is 11.0 Å². The van der Waals surface area contributed by atoms with E-state index < -0.39 is 4.92 Å². The van der Waals surface area contributed by atoms with Gasteiger partial charge in [-0.1, -0.05) is 36.4 Å². The Morgan fingerprint density at radius 2 is 1.92 bits per heavy atom. The first-order valence-electron chi connectivity index (χ1n) is 7.54. The van der Waals surface area contributed by atoms with Crippen LogP contribution in [0.1, 0.15) is 24.3 Å². The number of nitro benzene ring substituents is 1. The number of amides is 1. The smallest absolute Gasteiger partial charge is 0.273 e. The van der Waals surface area contributed by atoms with E-state index in [-0.39, 0.29) is 24.1 Å². The second kappa shape index (κ2) is 6.54. The van der Waals surface area contributed by atoms with E-state index in [4.69, 9.17) is 4.42 Å². The van der Waals surface area contributed by atoms with Gasteiger partial charge in [-0.3, -0.25) is 14.9 Å². The molecule has 122 valence electrons. The molecule has 1 heterocycles. The number of hydrogen-bond acceptors (Lipinski definition) is 4. The number of hydrogen-bond donors (Lipinski definition) is 1. The Labute approximate surface area is 138 Å². The lowest BCUT2D eigenvalue weighted by atomic mass is 10.1. The van der Waals surface area contributed by atoms with Crippen molar-refractivity contribution >= 4 is 22.6 Å². The summed E-state index contributed by atoms with van der Waals surface area (Å²) in [6.07, 6.45) is -0.0538. The monoisotopic (exact) mass is 324 g/mol. The number of rotatable bonds is 5. The molecule has 0 aliphatic rings. The zero-order valence-corrected chi connectivity index (χ0v) is 13.1. The fourth-order valence-electron chi connectivity index (χ4n) is 2.59. The Hall–Kier alpha value is -3.15. The van der Waals surface area contributed by atoms with Gasteiger partial charge in [0.2, 0.25) is 5.91 Å². The van der Waals surface area contributed by atoms with E-state index >= 15 is 0 Å². The summed E-state index contributed by atoms with van der Waals surface area (Å²) in [4.78, 5) is 22.7. The van der Waals surface area contributed by atoms with Gasteiger partial charge >= 0.3 is 0 Å². The predicted molar refractivity (Wildman–Crippen MR) is 89.6 cm³/mol. The predicted octanol–water partition coefficient (Wildman–Crippen LogP) is 3.76. The number of carbonyl (C=O) groups is 1. The molecule has 1 unspecified atom stereocenters. The lowest BCUT2D eigenvalue weighted by Crippen LogP contribution is -2.28. The minimum absolute atomic E-state index is 0.0518. The van der Waals surface area contributed by atoms with E-state index in [1.54, 1.807) is 18.2 Å². The first-order valence-corrected chi connectivity index (χ1v) is 7.54. The van der Waals surface area contributed by atoms with Crippen LogP contribution in [0.15, 0.2) is 59.0 Å². The Balaban J connectivity index is 1.71. The summed E-state index contributed by atoms with van der Waals surface area (Å²) < 4.78 is 5.72. The number of nitrogens with one attached hydrogen (secondary N) is 1. The molecule has 6 heteroatoms. The van der Waals surface area contributed by atoms with Gasteiger partial charge in [0, 0.05) is 17.0 Å². The summed E-state index contributed by atoms with van der Waals surface area (Å²) in [7, 11) is 0. The molecule has 1 amide bonds. The molecular weight excluding hydrogens is 308 g/mol. The van der Waals surface area contributed by atoms with Gasteiger partial charge in [0.15, 0.2) is 0 Å². The third-order valence-electron chi connectivity index (χ3n) is 3.79. The maximum absolute atomic E-state index is 12.2. The zero-order chi connectivity index (χ0) is 17.1. The highest BCUT2D eigenvalue weighted by Crippen LogP contribution is 2.24. The molecule has 3 rings (SSSR count). The van der Waals surface area contributed by atoms with E-state index in [9.17, 15) is 14.9 Å². The Bertz CT molecular complexity index is 868. The Morgan fingerprint density at radius 1 is 1.21 bits per heavy atom. The average Bonchev–Trinajstić information content (AvgIpc) is 2.99.